The third-order valence-corrected chi connectivity index (χ3v) is 3.54. The van der Waals surface area contributed by atoms with Gasteiger partial charge in [-0.25, -0.2) is 4.98 Å². The lowest BCUT2D eigenvalue weighted by atomic mass is 10.1. The van der Waals surface area contributed by atoms with Gasteiger partial charge in [-0.15, -0.1) is 0 Å². The number of hydrogen-bond donors (Lipinski definition) is 1. The monoisotopic (exact) mass is 245 g/mol. The number of anilines is 1. The Kier molecular flexibility index (Phi) is 4.37. The molecule has 18 heavy (non-hydrogen) atoms. The fourth-order valence-electron chi connectivity index (χ4n) is 2.24. The van der Waals surface area contributed by atoms with Gasteiger partial charge in [-0.3, -0.25) is 0 Å². The first kappa shape index (κ1) is 13.1. The Morgan fingerprint density at radius 2 is 2.28 bits per heavy atom. The molecule has 0 bridgehead atoms. The van der Waals surface area contributed by atoms with Gasteiger partial charge in [0.2, 0.25) is 0 Å². The molecule has 0 fully saturated rings. The van der Waals surface area contributed by atoms with Crippen LogP contribution in [0.3, 0.4) is 0 Å². The molecular formula is C15H23N3. The summed E-state index contributed by atoms with van der Waals surface area (Å²) in [5.41, 5.74) is 2.74. The van der Waals surface area contributed by atoms with Crippen molar-refractivity contribution in [2.75, 3.05) is 24.5 Å². The summed E-state index contributed by atoms with van der Waals surface area (Å²) in [5.74, 6) is 1.09. The van der Waals surface area contributed by atoms with E-state index >= 15 is 0 Å². The van der Waals surface area contributed by atoms with Gasteiger partial charge in [0.15, 0.2) is 0 Å². The fraction of sp³-hybridized carbons (Fsp3) is 0.533. The molecule has 98 valence electrons. The van der Waals surface area contributed by atoms with Gasteiger partial charge >= 0.3 is 0 Å². The van der Waals surface area contributed by atoms with Gasteiger partial charge in [0.25, 0.3) is 0 Å². The van der Waals surface area contributed by atoms with Crippen LogP contribution in [0.1, 0.15) is 38.8 Å². The van der Waals surface area contributed by atoms with Gasteiger partial charge in [-0.1, -0.05) is 24.6 Å². The van der Waals surface area contributed by atoms with E-state index in [0.29, 0.717) is 6.04 Å². The summed E-state index contributed by atoms with van der Waals surface area (Å²) >= 11 is 0. The van der Waals surface area contributed by atoms with Crippen molar-refractivity contribution in [2.45, 2.75) is 33.2 Å². The molecule has 2 rings (SSSR count). The molecular weight excluding hydrogens is 222 g/mol. The van der Waals surface area contributed by atoms with Crippen LogP contribution in [0.5, 0.6) is 0 Å². The average Bonchev–Trinajstić information content (AvgIpc) is 2.40. The lowest BCUT2D eigenvalue weighted by Crippen LogP contribution is -2.29. The molecule has 1 aliphatic heterocycles. The van der Waals surface area contributed by atoms with E-state index in [9.17, 15) is 0 Å². The molecule has 0 amide bonds. The minimum Gasteiger partial charge on any atom is -0.353 e. The Morgan fingerprint density at radius 1 is 1.44 bits per heavy atom. The van der Waals surface area contributed by atoms with Crippen LogP contribution >= 0.6 is 0 Å². The summed E-state index contributed by atoms with van der Waals surface area (Å²) in [5, 5.41) is 3.40. The maximum atomic E-state index is 4.59. The molecule has 1 atom stereocenters. The first-order valence-electron chi connectivity index (χ1n) is 6.80. The molecule has 2 heterocycles. The molecule has 3 heteroatoms. The van der Waals surface area contributed by atoms with E-state index < -0.39 is 0 Å². The molecule has 0 spiro atoms. The molecule has 1 aromatic heterocycles. The standard InChI is InChI=1S/C15H23N3/c1-4-16-13(3)14-5-6-15(17-11-14)18-9-7-12(2)8-10-18/h5-7,11,13,16H,4,8-10H2,1-3H3. The highest BCUT2D eigenvalue weighted by molar-refractivity contribution is 5.42. The first-order valence-corrected chi connectivity index (χ1v) is 6.80. The Morgan fingerprint density at radius 3 is 2.83 bits per heavy atom. The number of nitrogens with zero attached hydrogens (tertiary/aromatic N) is 2. The maximum Gasteiger partial charge on any atom is 0.128 e. The molecule has 0 aromatic carbocycles. The minimum absolute atomic E-state index is 0.375. The van der Waals surface area contributed by atoms with Crippen LogP contribution in [0.15, 0.2) is 30.0 Å². The zero-order valence-corrected chi connectivity index (χ0v) is 11.6. The van der Waals surface area contributed by atoms with Crippen molar-refractivity contribution < 1.29 is 0 Å². The second-order valence-corrected chi connectivity index (χ2v) is 4.98. The van der Waals surface area contributed by atoms with Gasteiger partial charge in [0, 0.05) is 25.3 Å². The van der Waals surface area contributed by atoms with E-state index in [4.69, 9.17) is 0 Å². The van der Waals surface area contributed by atoms with Crippen LogP contribution in [-0.2, 0) is 0 Å². The third kappa shape index (κ3) is 3.10. The van der Waals surface area contributed by atoms with Crippen molar-refractivity contribution in [2.24, 2.45) is 0 Å². The predicted molar refractivity (Wildman–Crippen MR) is 76.9 cm³/mol. The average molecular weight is 245 g/mol. The zero-order valence-electron chi connectivity index (χ0n) is 11.6. The van der Waals surface area contributed by atoms with Gasteiger partial charge in [0.05, 0.1) is 0 Å². The van der Waals surface area contributed by atoms with Crippen molar-refractivity contribution in [3.8, 4) is 0 Å². The molecule has 1 unspecified atom stereocenters. The Labute approximate surface area is 110 Å². The van der Waals surface area contributed by atoms with Gasteiger partial charge in [-0.2, -0.15) is 0 Å². The third-order valence-electron chi connectivity index (χ3n) is 3.54. The van der Waals surface area contributed by atoms with Crippen LogP contribution in [-0.4, -0.2) is 24.6 Å². The van der Waals surface area contributed by atoms with Crippen LogP contribution in [0.25, 0.3) is 0 Å². The molecule has 1 N–H and O–H groups in total. The maximum absolute atomic E-state index is 4.59. The van der Waals surface area contributed by atoms with Crippen LogP contribution in [0.2, 0.25) is 0 Å². The topological polar surface area (TPSA) is 28.2 Å². The molecule has 0 radical (unpaired) electrons. The highest BCUT2D eigenvalue weighted by Crippen LogP contribution is 2.19. The van der Waals surface area contributed by atoms with E-state index in [1.165, 1.54) is 11.1 Å². The van der Waals surface area contributed by atoms with E-state index in [2.05, 4.69) is 54.2 Å². The van der Waals surface area contributed by atoms with Crippen LogP contribution < -0.4 is 10.2 Å². The lowest BCUT2D eigenvalue weighted by molar-refractivity contribution is 0.596. The SMILES string of the molecule is CCNC(C)c1ccc(N2CC=C(C)CC2)nc1. The summed E-state index contributed by atoms with van der Waals surface area (Å²) in [7, 11) is 0. The van der Waals surface area contributed by atoms with Crippen molar-refractivity contribution in [1.82, 2.24) is 10.3 Å². The number of nitrogens with one attached hydrogen (secondary N) is 1. The summed E-state index contributed by atoms with van der Waals surface area (Å²) in [6, 6.07) is 4.69. The number of pyridine rings is 1. The second kappa shape index (κ2) is 6.01. The van der Waals surface area contributed by atoms with Gasteiger partial charge < -0.3 is 10.2 Å². The first-order chi connectivity index (χ1) is 8.70. The molecule has 0 saturated heterocycles. The summed E-state index contributed by atoms with van der Waals surface area (Å²) in [6.45, 7) is 9.55. The van der Waals surface area contributed by atoms with Gasteiger partial charge in [-0.05, 0) is 38.4 Å². The number of hydrogen-bond acceptors (Lipinski definition) is 3. The number of rotatable bonds is 4. The molecule has 1 aromatic rings. The van der Waals surface area contributed by atoms with Crippen molar-refractivity contribution in [3.63, 3.8) is 0 Å². The lowest BCUT2D eigenvalue weighted by Gasteiger charge is -2.26. The van der Waals surface area contributed by atoms with E-state index in [1.54, 1.807) is 0 Å². The van der Waals surface area contributed by atoms with Crippen LogP contribution in [0.4, 0.5) is 5.82 Å². The molecule has 0 aliphatic carbocycles. The predicted octanol–water partition coefficient (Wildman–Crippen LogP) is 2.91. The van der Waals surface area contributed by atoms with Crippen molar-refractivity contribution >= 4 is 5.82 Å². The minimum atomic E-state index is 0.375. The van der Waals surface area contributed by atoms with Gasteiger partial charge in [0.1, 0.15) is 5.82 Å². The Balaban J connectivity index is 2.03. The number of aromatic nitrogens is 1. The van der Waals surface area contributed by atoms with E-state index in [-0.39, 0.29) is 0 Å². The molecule has 1 aliphatic rings. The van der Waals surface area contributed by atoms with Crippen molar-refractivity contribution in [3.05, 3.63) is 35.5 Å². The highest BCUT2D eigenvalue weighted by Gasteiger charge is 2.11. The second-order valence-electron chi connectivity index (χ2n) is 4.98. The fourth-order valence-corrected chi connectivity index (χ4v) is 2.24. The van der Waals surface area contributed by atoms with Crippen LogP contribution in [0, 0.1) is 0 Å². The quantitative estimate of drug-likeness (QED) is 0.827. The zero-order chi connectivity index (χ0) is 13.0. The smallest absolute Gasteiger partial charge is 0.128 e. The largest absolute Gasteiger partial charge is 0.353 e. The molecule has 0 saturated carbocycles. The molecule has 3 nitrogen and oxygen atoms in total. The highest BCUT2D eigenvalue weighted by atomic mass is 15.2. The summed E-state index contributed by atoms with van der Waals surface area (Å²) in [4.78, 5) is 6.92. The van der Waals surface area contributed by atoms with E-state index in [0.717, 1.165) is 31.9 Å². The van der Waals surface area contributed by atoms with Crippen molar-refractivity contribution in [1.29, 1.82) is 0 Å². The Hall–Kier alpha value is -1.35. The normalized spacial score (nSPS) is 17.5. The summed E-state index contributed by atoms with van der Waals surface area (Å²) in [6.07, 6.45) is 5.44. The van der Waals surface area contributed by atoms with E-state index in [1.807, 2.05) is 6.20 Å². The summed E-state index contributed by atoms with van der Waals surface area (Å²) < 4.78 is 0. The Bertz CT molecular complexity index is 408.